The molecule has 18 heavy (non-hydrogen) atoms. The fourth-order valence-corrected chi connectivity index (χ4v) is 1.47. The van der Waals surface area contributed by atoms with Crippen LogP contribution in [0.3, 0.4) is 0 Å². The van der Waals surface area contributed by atoms with Gasteiger partial charge in [0.05, 0.1) is 0 Å². The molecule has 0 spiro atoms. The van der Waals surface area contributed by atoms with Crippen molar-refractivity contribution < 1.29 is 0 Å². The van der Waals surface area contributed by atoms with Gasteiger partial charge in [0.25, 0.3) is 0 Å². The summed E-state index contributed by atoms with van der Waals surface area (Å²) in [6.45, 7) is 3.21. The van der Waals surface area contributed by atoms with Crippen LogP contribution in [0.25, 0.3) is 0 Å². The molecule has 0 aliphatic rings. The van der Waals surface area contributed by atoms with E-state index in [0.29, 0.717) is 0 Å². The average Bonchev–Trinajstić information content (AvgIpc) is 2.49. The normalized spacial score (nSPS) is 9.06. The monoisotopic (exact) mass is 242 g/mol. The summed E-state index contributed by atoms with van der Waals surface area (Å²) in [5.74, 6) is 0. The Hall–Kier alpha value is -1.96. The Morgan fingerprint density at radius 3 is 1.78 bits per heavy atom. The van der Waals surface area contributed by atoms with Crippen molar-refractivity contribution in [3.63, 3.8) is 0 Å². The average molecular weight is 242 g/mol. The van der Waals surface area contributed by atoms with Crippen molar-refractivity contribution in [1.82, 2.24) is 0 Å². The van der Waals surface area contributed by atoms with E-state index in [1.165, 1.54) is 5.69 Å². The molecule has 0 aromatic heterocycles. The van der Waals surface area contributed by atoms with E-state index >= 15 is 0 Å². The van der Waals surface area contributed by atoms with Gasteiger partial charge in [0, 0.05) is 32.0 Å². The van der Waals surface area contributed by atoms with E-state index in [1.807, 2.05) is 43.4 Å². The topological polar surface area (TPSA) is 15.3 Å². The molecule has 2 aromatic rings. The molecule has 0 bridgehead atoms. The van der Waals surface area contributed by atoms with Gasteiger partial charge in [0.2, 0.25) is 0 Å². The highest BCUT2D eigenvalue weighted by Crippen LogP contribution is 2.09. The van der Waals surface area contributed by atoms with E-state index < -0.39 is 0 Å². The first-order valence-corrected chi connectivity index (χ1v) is 6.27. The molecule has 0 amide bonds. The first kappa shape index (κ1) is 14.1. The number of nitrogens with zero attached hydrogens (tertiary/aromatic N) is 1. The van der Waals surface area contributed by atoms with Gasteiger partial charge in [-0.2, -0.15) is 0 Å². The number of benzene rings is 2. The summed E-state index contributed by atoms with van der Waals surface area (Å²) in [5.41, 5.74) is 2.44. The lowest BCUT2D eigenvalue weighted by Gasteiger charge is -2.15. The lowest BCUT2D eigenvalue weighted by atomic mass is 10.3. The Labute approximate surface area is 110 Å². The first-order chi connectivity index (χ1) is 8.77. The highest BCUT2D eigenvalue weighted by atomic mass is 15.1. The Bertz CT molecular complexity index is 412. The van der Waals surface area contributed by atoms with Gasteiger partial charge < -0.3 is 10.2 Å². The molecule has 2 aromatic carbocycles. The summed E-state index contributed by atoms with van der Waals surface area (Å²) in [4.78, 5) is 2.21. The van der Waals surface area contributed by atoms with Gasteiger partial charge in [0.1, 0.15) is 0 Å². The van der Waals surface area contributed by atoms with Crippen LogP contribution in [0, 0.1) is 0 Å². The molecule has 0 saturated carbocycles. The van der Waals surface area contributed by atoms with Crippen molar-refractivity contribution in [1.29, 1.82) is 0 Å². The van der Waals surface area contributed by atoms with Gasteiger partial charge in [-0.15, -0.1) is 0 Å². The Morgan fingerprint density at radius 1 is 0.889 bits per heavy atom. The SMILES string of the molecule is CCN(C)c1ccccc1.CNc1ccccc1. The van der Waals surface area contributed by atoms with Crippen molar-refractivity contribution >= 4 is 11.4 Å². The molecular formula is C16H22N2. The molecule has 0 aliphatic heterocycles. The van der Waals surface area contributed by atoms with E-state index in [9.17, 15) is 0 Å². The third-order valence-electron chi connectivity index (χ3n) is 2.73. The van der Waals surface area contributed by atoms with E-state index in [0.717, 1.165) is 12.2 Å². The van der Waals surface area contributed by atoms with Gasteiger partial charge in [-0.05, 0) is 31.2 Å². The van der Waals surface area contributed by atoms with Crippen molar-refractivity contribution in [2.75, 3.05) is 30.9 Å². The molecule has 0 fully saturated rings. The molecule has 2 nitrogen and oxygen atoms in total. The summed E-state index contributed by atoms with van der Waals surface area (Å²) >= 11 is 0. The maximum absolute atomic E-state index is 3.03. The zero-order valence-corrected chi connectivity index (χ0v) is 11.4. The summed E-state index contributed by atoms with van der Waals surface area (Å²) in [7, 11) is 4.00. The van der Waals surface area contributed by atoms with Gasteiger partial charge in [-0.3, -0.25) is 0 Å². The van der Waals surface area contributed by atoms with Crippen LogP contribution < -0.4 is 10.2 Å². The highest BCUT2D eigenvalue weighted by molar-refractivity contribution is 5.44. The van der Waals surface area contributed by atoms with E-state index in [1.54, 1.807) is 0 Å². The zero-order chi connectivity index (χ0) is 13.2. The van der Waals surface area contributed by atoms with Crippen LogP contribution in [-0.4, -0.2) is 20.6 Å². The van der Waals surface area contributed by atoms with Crippen LogP contribution in [0.4, 0.5) is 11.4 Å². The highest BCUT2D eigenvalue weighted by Gasteiger charge is 1.92. The summed E-state index contributed by atoms with van der Waals surface area (Å²) < 4.78 is 0. The zero-order valence-electron chi connectivity index (χ0n) is 11.4. The Morgan fingerprint density at radius 2 is 1.39 bits per heavy atom. The number of nitrogens with one attached hydrogen (secondary N) is 1. The van der Waals surface area contributed by atoms with Crippen LogP contribution in [0.15, 0.2) is 60.7 Å². The maximum atomic E-state index is 3.03. The third kappa shape index (κ3) is 4.91. The second-order valence-corrected chi connectivity index (χ2v) is 3.97. The molecule has 0 radical (unpaired) electrons. The second-order valence-electron chi connectivity index (χ2n) is 3.97. The molecule has 2 heteroatoms. The van der Waals surface area contributed by atoms with Crippen LogP contribution in [-0.2, 0) is 0 Å². The molecule has 1 N–H and O–H groups in total. The van der Waals surface area contributed by atoms with Crippen LogP contribution >= 0.6 is 0 Å². The summed E-state index contributed by atoms with van der Waals surface area (Å²) in [6, 6.07) is 20.4. The predicted octanol–water partition coefficient (Wildman–Crippen LogP) is 3.87. The molecule has 0 heterocycles. The lowest BCUT2D eigenvalue weighted by molar-refractivity contribution is 0.968. The minimum atomic E-state index is 1.06. The molecule has 0 atom stereocenters. The maximum Gasteiger partial charge on any atom is 0.0363 e. The van der Waals surface area contributed by atoms with Crippen molar-refractivity contribution in [2.24, 2.45) is 0 Å². The standard InChI is InChI=1S/C9H13N.C7H9N/c1-3-10(2)9-7-5-4-6-8-9;1-8-7-5-3-2-4-6-7/h4-8H,3H2,1-2H3;2-6,8H,1H3. The second kappa shape index (κ2) is 8.18. The van der Waals surface area contributed by atoms with Crippen LogP contribution in [0.2, 0.25) is 0 Å². The predicted molar refractivity (Wildman–Crippen MR) is 81.4 cm³/mol. The van der Waals surface area contributed by atoms with Gasteiger partial charge in [0.15, 0.2) is 0 Å². The number of para-hydroxylation sites is 2. The Balaban J connectivity index is 0.000000184. The summed E-state index contributed by atoms with van der Waals surface area (Å²) in [6.07, 6.45) is 0. The van der Waals surface area contributed by atoms with Gasteiger partial charge in [-0.1, -0.05) is 36.4 Å². The summed E-state index contributed by atoms with van der Waals surface area (Å²) in [5, 5.41) is 3.03. The third-order valence-corrected chi connectivity index (χ3v) is 2.73. The molecule has 2 rings (SSSR count). The first-order valence-electron chi connectivity index (χ1n) is 6.27. The number of anilines is 2. The number of rotatable bonds is 3. The van der Waals surface area contributed by atoms with Crippen molar-refractivity contribution in [3.05, 3.63) is 60.7 Å². The van der Waals surface area contributed by atoms with Gasteiger partial charge in [-0.25, -0.2) is 0 Å². The van der Waals surface area contributed by atoms with Crippen molar-refractivity contribution in [3.8, 4) is 0 Å². The minimum Gasteiger partial charge on any atom is -0.388 e. The quantitative estimate of drug-likeness (QED) is 0.879. The molecule has 0 aliphatic carbocycles. The van der Waals surface area contributed by atoms with Crippen LogP contribution in [0.1, 0.15) is 6.92 Å². The van der Waals surface area contributed by atoms with E-state index in [-0.39, 0.29) is 0 Å². The fourth-order valence-electron chi connectivity index (χ4n) is 1.47. The lowest BCUT2D eigenvalue weighted by Crippen LogP contribution is -2.15. The van der Waals surface area contributed by atoms with E-state index in [4.69, 9.17) is 0 Å². The fraction of sp³-hybridized carbons (Fsp3) is 0.250. The number of hydrogen-bond acceptors (Lipinski definition) is 2. The number of hydrogen-bond donors (Lipinski definition) is 1. The molecule has 0 saturated heterocycles. The van der Waals surface area contributed by atoms with E-state index in [2.05, 4.69) is 48.5 Å². The Kier molecular flexibility index (Phi) is 6.41. The molecule has 0 unspecified atom stereocenters. The van der Waals surface area contributed by atoms with Crippen LogP contribution in [0.5, 0.6) is 0 Å². The molecule has 96 valence electrons. The van der Waals surface area contributed by atoms with Crippen molar-refractivity contribution in [2.45, 2.75) is 6.92 Å². The molecular weight excluding hydrogens is 220 g/mol. The smallest absolute Gasteiger partial charge is 0.0363 e. The largest absolute Gasteiger partial charge is 0.388 e. The minimum absolute atomic E-state index is 1.06. The van der Waals surface area contributed by atoms with Gasteiger partial charge >= 0.3 is 0 Å².